The van der Waals surface area contributed by atoms with Gasteiger partial charge in [-0.1, -0.05) is 42.5 Å². The van der Waals surface area contributed by atoms with E-state index in [4.69, 9.17) is 0 Å². The second-order valence-electron chi connectivity index (χ2n) is 6.44. The largest absolute Gasteiger partial charge is 0.465 e. The molecule has 0 aliphatic heterocycles. The van der Waals surface area contributed by atoms with Crippen LogP contribution in [0.25, 0.3) is 6.08 Å². The van der Waals surface area contributed by atoms with Crippen LogP contribution >= 0.6 is 0 Å². The molecule has 0 N–H and O–H groups in total. The van der Waals surface area contributed by atoms with Gasteiger partial charge in [0.25, 0.3) is 5.69 Å². The Bertz CT molecular complexity index is 901. The summed E-state index contributed by atoms with van der Waals surface area (Å²) >= 11 is 0. The number of hydrogen-bond donors (Lipinski definition) is 0. The van der Waals surface area contributed by atoms with Gasteiger partial charge in [-0.3, -0.25) is 14.9 Å². The first kappa shape index (κ1) is 18.5. The summed E-state index contributed by atoms with van der Waals surface area (Å²) in [5.74, 6) is -0.973. The Hall–Kier alpha value is -3.28. The third-order valence-corrected chi connectivity index (χ3v) is 4.84. The maximum atomic E-state index is 12.4. The SMILES string of the molecule is COC(=O)c1ccc(/C=C/[C@@H]2CCC(=O)[C@H]2c2ccccc2[N+](=O)[O-])cc1. The highest BCUT2D eigenvalue weighted by molar-refractivity contribution is 5.90. The van der Waals surface area contributed by atoms with Gasteiger partial charge >= 0.3 is 5.97 Å². The Labute approximate surface area is 156 Å². The Morgan fingerprint density at radius 3 is 2.56 bits per heavy atom. The number of methoxy groups -OCH3 is 1. The molecule has 3 rings (SSSR count). The van der Waals surface area contributed by atoms with Crippen molar-refractivity contribution in [2.45, 2.75) is 18.8 Å². The summed E-state index contributed by atoms with van der Waals surface area (Å²) in [6, 6.07) is 13.4. The van der Waals surface area contributed by atoms with Gasteiger partial charge in [-0.15, -0.1) is 0 Å². The third kappa shape index (κ3) is 3.95. The highest BCUT2D eigenvalue weighted by Crippen LogP contribution is 2.41. The van der Waals surface area contributed by atoms with E-state index in [1.165, 1.54) is 13.2 Å². The number of benzene rings is 2. The van der Waals surface area contributed by atoms with Gasteiger partial charge in [0.15, 0.2) is 0 Å². The van der Waals surface area contributed by atoms with E-state index in [-0.39, 0.29) is 17.4 Å². The van der Waals surface area contributed by atoms with Crippen LogP contribution in [0.2, 0.25) is 0 Å². The molecule has 2 aromatic rings. The molecule has 1 aliphatic carbocycles. The van der Waals surface area contributed by atoms with Crippen molar-refractivity contribution in [3.63, 3.8) is 0 Å². The van der Waals surface area contributed by atoms with E-state index >= 15 is 0 Å². The molecule has 1 saturated carbocycles. The van der Waals surface area contributed by atoms with Crippen LogP contribution in [0.5, 0.6) is 0 Å². The average Bonchev–Trinajstić information content (AvgIpc) is 3.06. The van der Waals surface area contributed by atoms with Gasteiger partial charge < -0.3 is 4.74 Å². The molecule has 2 atom stereocenters. The molecule has 0 bridgehead atoms. The standard InChI is InChI=1S/C21H19NO5/c1-27-21(24)16-10-7-14(8-11-16)6-9-15-12-13-19(23)20(15)17-4-2-3-5-18(17)22(25)26/h2-11,15,20H,12-13H2,1H3/b9-6+/t15-,20-/m1/s1. The Morgan fingerprint density at radius 1 is 1.19 bits per heavy atom. The van der Waals surface area contributed by atoms with Crippen molar-refractivity contribution in [1.82, 2.24) is 0 Å². The van der Waals surface area contributed by atoms with E-state index in [1.807, 2.05) is 12.2 Å². The first-order valence-corrected chi connectivity index (χ1v) is 8.64. The number of hydrogen-bond acceptors (Lipinski definition) is 5. The lowest BCUT2D eigenvalue weighted by molar-refractivity contribution is -0.385. The topological polar surface area (TPSA) is 86.5 Å². The summed E-state index contributed by atoms with van der Waals surface area (Å²) in [5.41, 5.74) is 1.80. The highest BCUT2D eigenvalue weighted by Gasteiger charge is 2.37. The van der Waals surface area contributed by atoms with Crippen LogP contribution < -0.4 is 0 Å². The summed E-state index contributed by atoms with van der Waals surface area (Å²) < 4.78 is 4.67. The minimum Gasteiger partial charge on any atom is -0.465 e. The minimum absolute atomic E-state index is 0.0152. The number of nitrogens with zero attached hydrogens (tertiary/aromatic N) is 1. The number of nitro groups is 1. The van der Waals surface area contributed by atoms with E-state index in [0.717, 1.165) is 5.56 Å². The molecular weight excluding hydrogens is 346 g/mol. The Morgan fingerprint density at radius 2 is 1.89 bits per heavy atom. The van der Waals surface area contributed by atoms with Gasteiger partial charge in [-0.05, 0) is 30.0 Å². The number of ketones is 1. The zero-order valence-electron chi connectivity index (χ0n) is 14.8. The van der Waals surface area contributed by atoms with Crippen molar-refractivity contribution in [1.29, 1.82) is 0 Å². The maximum Gasteiger partial charge on any atom is 0.337 e. The summed E-state index contributed by atoms with van der Waals surface area (Å²) in [6.45, 7) is 0. The first-order chi connectivity index (χ1) is 13.0. The third-order valence-electron chi connectivity index (χ3n) is 4.84. The number of allylic oxidation sites excluding steroid dienone is 1. The van der Waals surface area contributed by atoms with E-state index < -0.39 is 16.8 Å². The van der Waals surface area contributed by atoms with Gasteiger partial charge in [0.05, 0.1) is 23.5 Å². The van der Waals surface area contributed by atoms with Gasteiger partial charge in [0.1, 0.15) is 5.78 Å². The lowest BCUT2D eigenvalue weighted by Gasteiger charge is -2.15. The number of Topliss-reactive ketones (excluding diaryl/α,β-unsaturated/α-hetero) is 1. The summed E-state index contributed by atoms with van der Waals surface area (Å²) in [7, 11) is 1.33. The average molecular weight is 365 g/mol. The lowest BCUT2D eigenvalue weighted by Crippen LogP contribution is -2.13. The normalized spacial score (nSPS) is 19.4. The zero-order valence-corrected chi connectivity index (χ0v) is 14.8. The van der Waals surface area contributed by atoms with Gasteiger partial charge in [-0.25, -0.2) is 4.79 Å². The van der Waals surface area contributed by atoms with E-state index in [2.05, 4.69) is 4.74 Å². The first-order valence-electron chi connectivity index (χ1n) is 8.64. The quantitative estimate of drug-likeness (QED) is 0.451. The minimum atomic E-state index is -0.503. The number of carbonyl (C=O) groups excluding carboxylic acids is 2. The molecule has 27 heavy (non-hydrogen) atoms. The number of para-hydroxylation sites is 1. The van der Waals surface area contributed by atoms with Crippen molar-refractivity contribution in [3.05, 3.63) is 81.4 Å². The monoisotopic (exact) mass is 365 g/mol. The molecule has 0 aromatic heterocycles. The number of nitro benzene ring substituents is 1. The van der Waals surface area contributed by atoms with Crippen LogP contribution in [0.4, 0.5) is 5.69 Å². The summed E-state index contributed by atoms with van der Waals surface area (Å²) in [4.78, 5) is 34.8. The molecule has 0 amide bonds. The van der Waals surface area contributed by atoms with Gasteiger partial charge in [-0.2, -0.15) is 0 Å². The lowest BCUT2D eigenvalue weighted by atomic mass is 9.86. The molecule has 0 radical (unpaired) electrons. The molecule has 0 saturated heterocycles. The number of carbonyl (C=O) groups is 2. The van der Waals surface area contributed by atoms with Crippen LogP contribution in [0.1, 0.15) is 40.2 Å². The number of rotatable bonds is 5. The zero-order chi connectivity index (χ0) is 19.4. The fourth-order valence-electron chi connectivity index (χ4n) is 3.48. The van der Waals surface area contributed by atoms with E-state index in [9.17, 15) is 19.7 Å². The maximum absolute atomic E-state index is 12.4. The predicted molar refractivity (Wildman–Crippen MR) is 100 cm³/mol. The summed E-state index contributed by atoms with van der Waals surface area (Å²) in [5, 5.41) is 11.3. The predicted octanol–water partition coefficient (Wildman–Crippen LogP) is 4.16. The van der Waals surface area contributed by atoms with Crippen molar-refractivity contribution in [3.8, 4) is 0 Å². The molecule has 0 heterocycles. The van der Waals surface area contributed by atoms with Gasteiger partial charge in [0, 0.05) is 18.1 Å². The fourth-order valence-corrected chi connectivity index (χ4v) is 3.48. The summed E-state index contributed by atoms with van der Waals surface area (Å²) in [6.07, 6.45) is 4.88. The molecule has 138 valence electrons. The van der Waals surface area contributed by atoms with Crippen LogP contribution in [-0.4, -0.2) is 23.8 Å². The van der Waals surface area contributed by atoms with Crippen molar-refractivity contribution < 1.29 is 19.2 Å². The van der Waals surface area contributed by atoms with Crippen LogP contribution in [0, 0.1) is 16.0 Å². The van der Waals surface area contributed by atoms with Crippen LogP contribution in [0.15, 0.2) is 54.6 Å². The molecule has 0 spiro atoms. The van der Waals surface area contributed by atoms with E-state index in [1.54, 1.807) is 42.5 Å². The smallest absolute Gasteiger partial charge is 0.337 e. The van der Waals surface area contributed by atoms with E-state index in [0.29, 0.717) is 24.0 Å². The molecule has 6 nitrogen and oxygen atoms in total. The molecule has 6 heteroatoms. The fraction of sp³-hybridized carbons (Fsp3) is 0.238. The molecule has 1 fully saturated rings. The number of ether oxygens (including phenoxy) is 1. The Kier molecular flexibility index (Phi) is 5.45. The van der Waals surface area contributed by atoms with Crippen molar-refractivity contribution in [2.75, 3.05) is 7.11 Å². The van der Waals surface area contributed by atoms with Crippen LogP contribution in [-0.2, 0) is 9.53 Å². The highest BCUT2D eigenvalue weighted by atomic mass is 16.6. The van der Waals surface area contributed by atoms with Crippen LogP contribution in [0.3, 0.4) is 0 Å². The second kappa shape index (κ2) is 7.95. The number of esters is 1. The van der Waals surface area contributed by atoms with Crippen molar-refractivity contribution >= 4 is 23.5 Å². The van der Waals surface area contributed by atoms with Gasteiger partial charge in [0.2, 0.25) is 0 Å². The second-order valence-corrected chi connectivity index (χ2v) is 6.44. The molecular formula is C21H19NO5. The van der Waals surface area contributed by atoms with Crippen molar-refractivity contribution in [2.24, 2.45) is 5.92 Å². The Balaban J connectivity index is 1.84. The molecule has 2 aromatic carbocycles. The molecule has 0 unspecified atom stereocenters. The molecule has 1 aliphatic rings.